The van der Waals surface area contributed by atoms with Crippen molar-refractivity contribution in [3.05, 3.63) is 21.3 Å². The lowest BCUT2D eigenvalue weighted by molar-refractivity contribution is -0.149. The van der Waals surface area contributed by atoms with Gasteiger partial charge in [0.2, 0.25) is 11.8 Å². The van der Waals surface area contributed by atoms with Gasteiger partial charge in [0.15, 0.2) is 0 Å². The van der Waals surface area contributed by atoms with E-state index >= 15 is 0 Å². The Bertz CT molecular complexity index is 489. The Kier molecular flexibility index (Phi) is 4.47. The van der Waals surface area contributed by atoms with Gasteiger partial charge < -0.3 is 10.2 Å². The van der Waals surface area contributed by atoms with E-state index in [4.69, 9.17) is 11.6 Å². The zero-order valence-corrected chi connectivity index (χ0v) is 12.6. The van der Waals surface area contributed by atoms with Gasteiger partial charge in [-0.05, 0) is 25.5 Å². The highest BCUT2D eigenvalue weighted by molar-refractivity contribution is 7.16. The van der Waals surface area contributed by atoms with Crippen molar-refractivity contribution < 1.29 is 9.59 Å². The number of halogens is 1. The van der Waals surface area contributed by atoms with Gasteiger partial charge in [-0.1, -0.05) is 24.9 Å². The number of nitrogens with one attached hydrogen (secondary N) is 1. The lowest BCUT2D eigenvalue weighted by Gasteiger charge is -2.37. The van der Waals surface area contributed by atoms with Crippen LogP contribution >= 0.6 is 22.9 Å². The number of hydrogen-bond donors (Lipinski definition) is 1. The number of hydrogen-bond acceptors (Lipinski definition) is 3. The van der Waals surface area contributed by atoms with Crippen LogP contribution in [0.15, 0.2) is 12.1 Å². The van der Waals surface area contributed by atoms with Crippen molar-refractivity contribution in [2.45, 2.75) is 45.3 Å². The Balaban J connectivity index is 2.15. The van der Waals surface area contributed by atoms with Crippen LogP contribution in [0.25, 0.3) is 0 Å². The fraction of sp³-hybridized carbons (Fsp3) is 0.538. The fourth-order valence-corrected chi connectivity index (χ4v) is 3.28. The van der Waals surface area contributed by atoms with Crippen LogP contribution in [0.5, 0.6) is 0 Å². The van der Waals surface area contributed by atoms with Crippen molar-refractivity contribution in [3.8, 4) is 0 Å². The maximum absolute atomic E-state index is 12.4. The zero-order chi connectivity index (χ0) is 14.0. The number of nitrogens with zero attached hydrogens (tertiary/aromatic N) is 1. The SMILES string of the molecule is CCCC1NC(=O)C(C)N(Cc2ccc(Cl)s2)C1=O. The van der Waals surface area contributed by atoms with Gasteiger partial charge in [-0.3, -0.25) is 9.59 Å². The number of carbonyl (C=O) groups excluding carboxylic acids is 2. The molecule has 1 N–H and O–H groups in total. The number of thiophene rings is 1. The second kappa shape index (κ2) is 5.92. The molecule has 1 fully saturated rings. The van der Waals surface area contributed by atoms with E-state index in [1.54, 1.807) is 11.8 Å². The summed E-state index contributed by atoms with van der Waals surface area (Å²) < 4.78 is 0.696. The lowest BCUT2D eigenvalue weighted by Crippen LogP contribution is -2.61. The summed E-state index contributed by atoms with van der Waals surface area (Å²) in [6.07, 6.45) is 1.54. The van der Waals surface area contributed by atoms with E-state index in [0.717, 1.165) is 11.3 Å². The molecule has 0 radical (unpaired) electrons. The minimum atomic E-state index is -0.429. The third-order valence-corrected chi connectivity index (χ3v) is 4.49. The van der Waals surface area contributed by atoms with Gasteiger partial charge in [0.25, 0.3) is 0 Å². The summed E-state index contributed by atoms with van der Waals surface area (Å²) in [4.78, 5) is 26.9. The molecule has 0 bridgehead atoms. The van der Waals surface area contributed by atoms with E-state index in [0.29, 0.717) is 17.3 Å². The quantitative estimate of drug-likeness (QED) is 0.928. The van der Waals surface area contributed by atoms with Gasteiger partial charge >= 0.3 is 0 Å². The molecule has 0 aromatic carbocycles. The van der Waals surface area contributed by atoms with Crippen molar-refractivity contribution in [2.24, 2.45) is 0 Å². The van der Waals surface area contributed by atoms with Gasteiger partial charge in [-0.15, -0.1) is 11.3 Å². The minimum absolute atomic E-state index is 0.00141. The van der Waals surface area contributed by atoms with Crippen LogP contribution in [0, 0.1) is 0 Å². The molecule has 2 atom stereocenters. The Hall–Kier alpha value is -1.07. The highest BCUT2D eigenvalue weighted by Crippen LogP contribution is 2.25. The average molecular weight is 301 g/mol. The molecule has 2 heterocycles. The maximum Gasteiger partial charge on any atom is 0.246 e. The number of rotatable bonds is 4. The first-order valence-corrected chi connectivity index (χ1v) is 7.57. The van der Waals surface area contributed by atoms with Crippen molar-refractivity contribution in [1.82, 2.24) is 10.2 Å². The number of carbonyl (C=O) groups is 2. The fourth-order valence-electron chi connectivity index (χ4n) is 2.19. The van der Waals surface area contributed by atoms with Gasteiger partial charge in [-0.25, -0.2) is 0 Å². The van der Waals surface area contributed by atoms with E-state index in [2.05, 4.69) is 5.32 Å². The molecule has 6 heteroatoms. The Morgan fingerprint density at radius 2 is 2.16 bits per heavy atom. The van der Waals surface area contributed by atoms with Gasteiger partial charge in [-0.2, -0.15) is 0 Å². The average Bonchev–Trinajstić information content (AvgIpc) is 2.77. The first kappa shape index (κ1) is 14.3. The molecule has 2 amide bonds. The highest BCUT2D eigenvalue weighted by Gasteiger charge is 2.37. The monoisotopic (exact) mass is 300 g/mol. The van der Waals surface area contributed by atoms with Gasteiger partial charge in [0, 0.05) is 4.88 Å². The van der Waals surface area contributed by atoms with Crippen LogP contribution in [0.3, 0.4) is 0 Å². The van der Waals surface area contributed by atoms with Crippen LogP contribution in [0.4, 0.5) is 0 Å². The first-order valence-electron chi connectivity index (χ1n) is 6.38. The van der Waals surface area contributed by atoms with Crippen LogP contribution in [-0.4, -0.2) is 28.8 Å². The molecule has 4 nitrogen and oxygen atoms in total. The third kappa shape index (κ3) is 3.09. The first-order chi connectivity index (χ1) is 9.02. The normalized spacial score (nSPS) is 23.6. The van der Waals surface area contributed by atoms with Crippen molar-refractivity contribution >= 4 is 34.8 Å². The van der Waals surface area contributed by atoms with E-state index in [1.165, 1.54) is 11.3 Å². The second-order valence-corrected chi connectivity index (χ2v) is 6.50. The largest absolute Gasteiger partial charge is 0.343 e. The molecule has 104 valence electrons. The summed E-state index contributed by atoms with van der Waals surface area (Å²) in [5.74, 6) is -0.0841. The van der Waals surface area contributed by atoms with Crippen LogP contribution < -0.4 is 5.32 Å². The second-order valence-electron chi connectivity index (χ2n) is 4.70. The highest BCUT2D eigenvalue weighted by atomic mass is 35.5. The molecule has 2 unspecified atom stereocenters. The summed E-state index contributed by atoms with van der Waals surface area (Å²) in [6.45, 7) is 4.20. The van der Waals surface area contributed by atoms with E-state index < -0.39 is 6.04 Å². The molecule has 1 saturated heterocycles. The lowest BCUT2D eigenvalue weighted by atomic mass is 10.0. The number of amides is 2. The molecule has 2 rings (SSSR count). The van der Waals surface area contributed by atoms with Gasteiger partial charge in [0.05, 0.1) is 10.9 Å². The summed E-state index contributed by atoms with van der Waals surface area (Å²) in [5, 5.41) is 2.78. The minimum Gasteiger partial charge on any atom is -0.343 e. The molecule has 1 aliphatic heterocycles. The van der Waals surface area contributed by atoms with Crippen LogP contribution in [0.2, 0.25) is 4.34 Å². The van der Waals surface area contributed by atoms with Crippen molar-refractivity contribution in [3.63, 3.8) is 0 Å². The smallest absolute Gasteiger partial charge is 0.246 e. The third-order valence-electron chi connectivity index (χ3n) is 3.28. The Morgan fingerprint density at radius 1 is 1.42 bits per heavy atom. The summed E-state index contributed by atoms with van der Waals surface area (Å²) in [6, 6.07) is 2.89. The van der Waals surface area contributed by atoms with E-state index in [9.17, 15) is 9.59 Å². The Morgan fingerprint density at radius 3 is 2.74 bits per heavy atom. The molecule has 0 spiro atoms. The maximum atomic E-state index is 12.4. The molecule has 1 aromatic heterocycles. The molecule has 1 aromatic rings. The van der Waals surface area contributed by atoms with Crippen molar-refractivity contribution in [2.75, 3.05) is 0 Å². The Labute approximate surface area is 121 Å². The van der Waals surface area contributed by atoms with Gasteiger partial charge in [0.1, 0.15) is 12.1 Å². The predicted octanol–water partition coefficient (Wildman–Crippen LogP) is 2.42. The summed E-state index contributed by atoms with van der Waals surface area (Å²) in [7, 11) is 0. The van der Waals surface area contributed by atoms with Crippen molar-refractivity contribution in [1.29, 1.82) is 0 Å². The zero-order valence-electron chi connectivity index (χ0n) is 11.0. The van der Waals surface area contributed by atoms with Crippen LogP contribution in [0.1, 0.15) is 31.6 Å². The molecule has 0 aliphatic carbocycles. The molecule has 19 heavy (non-hydrogen) atoms. The molecule has 0 saturated carbocycles. The molecular formula is C13H17ClN2O2S. The number of piperazine rings is 1. The predicted molar refractivity (Wildman–Crippen MR) is 76.2 cm³/mol. The summed E-state index contributed by atoms with van der Waals surface area (Å²) >= 11 is 7.33. The standard InChI is InChI=1S/C13H17ClN2O2S/c1-3-4-10-13(18)16(8(2)12(17)15-10)7-9-5-6-11(14)19-9/h5-6,8,10H,3-4,7H2,1-2H3,(H,15,17). The van der Waals surface area contributed by atoms with E-state index in [1.807, 2.05) is 19.1 Å². The van der Waals surface area contributed by atoms with Crippen LogP contribution in [-0.2, 0) is 16.1 Å². The summed E-state index contributed by atoms with van der Waals surface area (Å²) in [5.41, 5.74) is 0. The molecule has 1 aliphatic rings. The topological polar surface area (TPSA) is 49.4 Å². The van der Waals surface area contributed by atoms with E-state index in [-0.39, 0.29) is 17.9 Å². The molecular weight excluding hydrogens is 284 g/mol.